The Kier molecular flexibility index (Phi) is 3.73. The van der Waals surface area contributed by atoms with Gasteiger partial charge in [0.25, 0.3) is 0 Å². The van der Waals surface area contributed by atoms with Crippen LogP contribution in [0.1, 0.15) is 6.42 Å². The van der Waals surface area contributed by atoms with Gasteiger partial charge >= 0.3 is 0 Å². The van der Waals surface area contributed by atoms with E-state index in [1.807, 2.05) is 0 Å². The Balaban J connectivity index is 4.03. The first-order valence-corrected chi connectivity index (χ1v) is 3.45. The highest BCUT2D eigenvalue weighted by Gasteiger charge is 2.15. The lowest BCUT2D eigenvalue weighted by Gasteiger charge is -2.08. The molecule has 0 saturated heterocycles. The van der Waals surface area contributed by atoms with Crippen LogP contribution in [0.5, 0.6) is 0 Å². The second-order valence-electron chi connectivity index (χ2n) is 1.70. The highest BCUT2D eigenvalue weighted by Crippen LogP contribution is 2.04. The van der Waals surface area contributed by atoms with Gasteiger partial charge in [-0.2, -0.15) is 0 Å². The minimum Gasteiger partial charge on any atom is -0.550 e. The summed E-state index contributed by atoms with van der Waals surface area (Å²) in [7, 11) is 0. The molecule has 11 heavy (non-hydrogen) atoms. The molecular weight excluding hydrogens is 220 g/mol. The van der Waals surface area contributed by atoms with Crippen molar-refractivity contribution in [3.63, 3.8) is 0 Å². The number of Topliss-reactive ketones (excluding diaryl/α,β-unsaturated/α-hetero) is 1. The van der Waals surface area contributed by atoms with Crippen LogP contribution in [0, 0.1) is 0 Å². The first-order valence-electron chi connectivity index (χ1n) is 2.54. The van der Waals surface area contributed by atoms with Crippen LogP contribution in [-0.4, -0.2) is 22.5 Å². The largest absolute Gasteiger partial charge is 0.550 e. The third-order valence-corrected chi connectivity index (χ3v) is 1.57. The van der Waals surface area contributed by atoms with Crippen LogP contribution in [0.2, 0.25) is 0 Å². The number of ketones is 1. The smallest absolute Gasteiger partial charge is 0.192 e. The lowest BCUT2D eigenvalue weighted by atomic mass is 10.2. The number of carboxylic acid groups (broad SMARTS) is 2. The fourth-order valence-electron chi connectivity index (χ4n) is 0.367. The number of carbonyl (C=O) groups excluding carboxylic acids is 3. The van der Waals surface area contributed by atoms with E-state index in [9.17, 15) is 24.6 Å². The van der Waals surface area contributed by atoms with Crippen LogP contribution in [0.4, 0.5) is 0 Å². The van der Waals surface area contributed by atoms with Crippen LogP contribution in [0.3, 0.4) is 0 Å². The Morgan fingerprint density at radius 3 is 2.00 bits per heavy atom. The van der Waals surface area contributed by atoms with E-state index in [0.717, 1.165) is 0 Å². The topological polar surface area (TPSA) is 97.3 Å². The number of alkyl halides is 1. The summed E-state index contributed by atoms with van der Waals surface area (Å²) in [6.07, 6.45) is -0.674. The number of halogens is 1. The Labute approximate surface area is 70.1 Å². The first kappa shape index (κ1) is 10.1. The minimum absolute atomic E-state index is 0.674. The number of carbonyl (C=O) groups is 3. The zero-order valence-corrected chi connectivity index (χ0v) is 6.79. The van der Waals surface area contributed by atoms with Gasteiger partial charge in [0.2, 0.25) is 0 Å². The molecule has 0 saturated carbocycles. The molecule has 0 aromatic rings. The van der Waals surface area contributed by atoms with Crippen molar-refractivity contribution in [1.29, 1.82) is 0 Å². The monoisotopic (exact) mass is 222 g/mol. The number of hydrogen-bond acceptors (Lipinski definition) is 5. The van der Waals surface area contributed by atoms with Gasteiger partial charge in [-0.25, -0.2) is 0 Å². The van der Waals surface area contributed by atoms with Crippen molar-refractivity contribution in [1.82, 2.24) is 0 Å². The van der Waals surface area contributed by atoms with Crippen molar-refractivity contribution in [3.8, 4) is 0 Å². The van der Waals surface area contributed by atoms with Crippen molar-refractivity contribution < 1.29 is 24.6 Å². The lowest BCUT2D eigenvalue weighted by Crippen LogP contribution is -2.39. The SMILES string of the molecule is O=C([O-])CC(Br)C(=O)C(=O)[O-]. The molecule has 0 rings (SSSR count). The molecule has 0 aromatic heterocycles. The molecule has 1 atom stereocenters. The number of rotatable bonds is 4. The molecule has 0 aliphatic carbocycles. The van der Waals surface area contributed by atoms with E-state index in [1.54, 1.807) is 0 Å². The molecule has 0 aromatic carbocycles. The van der Waals surface area contributed by atoms with Gasteiger partial charge in [-0.1, -0.05) is 15.9 Å². The molecule has 0 radical (unpaired) electrons. The van der Waals surface area contributed by atoms with Gasteiger partial charge in [-0.05, 0) is 0 Å². The molecule has 0 fully saturated rings. The summed E-state index contributed by atoms with van der Waals surface area (Å²) < 4.78 is 0. The Morgan fingerprint density at radius 2 is 1.73 bits per heavy atom. The summed E-state index contributed by atoms with van der Waals surface area (Å²) in [5.41, 5.74) is 0. The fraction of sp³-hybridized carbons (Fsp3) is 0.400. The molecule has 5 nitrogen and oxygen atoms in total. The molecule has 0 spiro atoms. The van der Waals surface area contributed by atoms with Crippen LogP contribution in [0.25, 0.3) is 0 Å². The Hall–Kier alpha value is -0.910. The Bertz CT molecular complexity index is 199. The maximum absolute atomic E-state index is 10.4. The number of hydrogen-bond donors (Lipinski definition) is 0. The Morgan fingerprint density at radius 1 is 1.27 bits per heavy atom. The molecule has 0 N–H and O–H groups in total. The highest BCUT2D eigenvalue weighted by molar-refractivity contribution is 9.10. The number of carboxylic acids is 2. The predicted molar refractivity (Wildman–Crippen MR) is 32.4 cm³/mol. The third-order valence-electron chi connectivity index (χ3n) is 0.832. The second-order valence-corrected chi connectivity index (χ2v) is 2.80. The van der Waals surface area contributed by atoms with Gasteiger partial charge in [0.05, 0.1) is 4.83 Å². The van der Waals surface area contributed by atoms with Gasteiger partial charge in [0.1, 0.15) is 5.97 Å². The molecule has 0 heterocycles. The zero-order chi connectivity index (χ0) is 9.02. The molecule has 1 unspecified atom stereocenters. The van der Waals surface area contributed by atoms with E-state index in [2.05, 4.69) is 15.9 Å². The van der Waals surface area contributed by atoms with Crippen LogP contribution < -0.4 is 10.2 Å². The van der Waals surface area contributed by atoms with Gasteiger partial charge in [-0.3, -0.25) is 4.79 Å². The molecule has 6 heteroatoms. The average molecular weight is 223 g/mol. The number of aliphatic carboxylic acids is 2. The maximum Gasteiger partial charge on any atom is 0.192 e. The molecule has 0 amide bonds. The molecular formula is C5H3BrO5-2. The molecule has 0 aliphatic heterocycles. The van der Waals surface area contributed by atoms with Gasteiger partial charge < -0.3 is 19.8 Å². The van der Waals surface area contributed by atoms with Gasteiger partial charge in [-0.15, -0.1) is 0 Å². The van der Waals surface area contributed by atoms with Crippen molar-refractivity contribution in [2.24, 2.45) is 0 Å². The second kappa shape index (κ2) is 4.07. The van der Waals surface area contributed by atoms with Crippen LogP contribution >= 0.6 is 15.9 Å². The van der Waals surface area contributed by atoms with E-state index < -0.39 is 29.0 Å². The summed E-state index contributed by atoms with van der Waals surface area (Å²) in [6, 6.07) is 0. The molecule has 62 valence electrons. The first-order chi connectivity index (χ1) is 4.95. The van der Waals surface area contributed by atoms with Crippen molar-refractivity contribution in [3.05, 3.63) is 0 Å². The third kappa shape index (κ3) is 3.72. The van der Waals surface area contributed by atoms with E-state index in [1.165, 1.54) is 0 Å². The van der Waals surface area contributed by atoms with Crippen molar-refractivity contribution in [2.45, 2.75) is 11.2 Å². The van der Waals surface area contributed by atoms with Crippen LogP contribution in [-0.2, 0) is 14.4 Å². The predicted octanol–water partition coefficient (Wildman–Crippen LogP) is -2.79. The van der Waals surface area contributed by atoms with Crippen LogP contribution in [0.15, 0.2) is 0 Å². The van der Waals surface area contributed by atoms with E-state index in [0.29, 0.717) is 0 Å². The average Bonchev–Trinajstić information content (AvgIpc) is 1.84. The highest BCUT2D eigenvalue weighted by atomic mass is 79.9. The maximum atomic E-state index is 10.4. The summed E-state index contributed by atoms with van der Waals surface area (Å²) in [5, 5.41) is 19.6. The standard InChI is InChI=1S/C5H5BrO5/c6-2(1-3(7)8)4(9)5(10)11/h2H,1H2,(H,7,8)(H,10,11)/p-2. The molecule has 0 bridgehead atoms. The van der Waals surface area contributed by atoms with Crippen molar-refractivity contribution >= 4 is 33.7 Å². The minimum atomic E-state index is -1.91. The van der Waals surface area contributed by atoms with Gasteiger partial charge in [0.15, 0.2) is 5.78 Å². The fourth-order valence-corrected chi connectivity index (χ4v) is 0.818. The normalized spacial score (nSPS) is 12.1. The summed E-state index contributed by atoms with van der Waals surface area (Å²) in [6.45, 7) is 0. The van der Waals surface area contributed by atoms with Gasteiger partial charge in [0, 0.05) is 12.4 Å². The summed E-state index contributed by atoms with van der Waals surface area (Å²) in [4.78, 5) is 28.8. The van der Waals surface area contributed by atoms with Crippen molar-refractivity contribution in [2.75, 3.05) is 0 Å². The summed E-state index contributed by atoms with van der Waals surface area (Å²) >= 11 is 2.55. The van der Waals surface area contributed by atoms with E-state index in [4.69, 9.17) is 0 Å². The quantitative estimate of drug-likeness (QED) is 0.379. The summed E-state index contributed by atoms with van der Waals surface area (Å²) in [5.74, 6) is -4.70. The lowest BCUT2D eigenvalue weighted by molar-refractivity contribution is -0.305. The van der Waals surface area contributed by atoms with E-state index >= 15 is 0 Å². The molecule has 0 aliphatic rings. The zero-order valence-electron chi connectivity index (χ0n) is 5.20. The van der Waals surface area contributed by atoms with E-state index in [-0.39, 0.29) is 0 Å².